The molecule has 0 aliphatic rings. The van der Waals surface area contributed by atoms with Crippen LogP contribution in [0.25, 0.3) is 11.0 Å². The van der Waals surface area contributed by atoms with Crippen molar-refractivity contribution in [2.45, 2.75) is 20.1 Å². The number of benzene rings is 2. The molecule has 3 rings (SSSR count). The predicted octanol–water partition coefficient (Wildman–Crippen LogP) is 1.06. The van der Waals surface area contributed by atoms with Crippen LogP contribution >= 0.6 is 0 Å². The molecule has 0 unspecified atom stereocenters. The number of rotatable bonds is 6. The fourth-order valence-electron chi connectivity index (χ4n) is 2.61. The fraction of sp³-hybridized carbons (Fsp3) is 0.176. The monoisotopic (exact) mass is 323 g/mol. The first-order valence-electron chi connectivity index (χ1n) is 7.73. The van der Waals surface area contributed by atoms with Crippen molar-refractivity contribution in [3.63, 3.8) is 0 Å². The smallest absolute Gasteiger partial charge is 0.423 e. The Bertz CT molecular complexity index is 864. The maximum Gasteiger partial charge on any atom is 0.492 e. The van der Waals surface area contributed by atoms with E-state index in [-0.39, 0.29) is 6.73 Å². The van der Waals surface area contributed by atoms with Crippen LogP contribution in [0.5, 0.6) is 0 Å². The number of fused-ring (bicyclic) bond motifs is 1. The van der Waals surface area contributed by atoms with E-state index in [2.05, 4.69) is 4.98 Å². The molecule has 2 aromatic carbocycles. The third-order valence-corrected chi connectivity index (χ3v) is 3.87. The summed E-state index contributed by atoms with van der Waals surface area (Å²) in [5, 5.41) is 10.2. The highest BCUT2D eigenvalue weighted by Gasteiger charge is 2.18. The molecule has 1 aromatic heterocycles. The molecule has 6 nitrogen and oxygen atoms in total. The number of imidazole rings is 1. The van der Waals surface area contributed by atoms with Crippen molar-refractivity contribution in [3.8, 4) is 0 Å². The number of aryl methyl sites for hydroxylation is 1. The van der Waals surface area contributed by atoms with E-state index >= 15 is 0 Å². The van der Waals surface area contributed by atoms with E-state index in [1.807, 2.05) is 29.7 Å². The van der Waals surface area contributed by atoms with Gasteiger partial charge in [0.2, 0.25) is 5.91 Å². The maximum absolute atomic E-state index is 11.3. The number of nitrogens with two attached hydrogens (primary N) is 1. The maximum atomic E-state index is 11.3. The molecule has 0 aliphatic carbocycles. The highest BCUT2D eigenvalue weighted by atomic mass is 16.5. The average molecular weight is 323 g/mol. The van der Waals surface area contributed by atoms with Crippen molar-refractivity contribution in [2.24, 2.45) is 5.73 Å². The molecule has 0 fully saturated rings. The summed E-state index contributed by atoms with van der Waals surface area (Å²) in [6.45, 7) is 2.14. The van der Waals surface area contributed by atoms with Gasteiger partial charge in [-0.25, -0.2) is 4.98 Å². The van der Waals surface area contributed by atoms with Gasteiger partial charge in [-0.2, -0.15) is 0 Å². The van der Waals surface area contributed by atoms with Gasteiger partial charge in [-0.15, -0.1) is 0 Å². The first kappa shape index (κ1) is 16.2. The van der Waals surface area contributed by atoms with E-state index in [0.29, 0.717) is 23.0 Å². The zero-order valence-corrected chi connectivity index (χ0v) is 13.3. The summed E-state index contributed by atoms with van der Waals surface area (Å²) in [7, 11) is -1.02. The van der Waals surface area contributed by atoms with Crippen LogP contribution in [0.1, 0.15) is 23.1 Å². The van der Waals surface area contributed by atoms with Crippen molar-refractivity contribution in [1.82, 2.24) is 9.55 Å². The van der Waals surface area contributed by atoms with Crippen molar-refractivity contribution < 1.29 is 14.5 Å². The van der Waals surface area contributed by atoms with Gasteiger partial charge in [0.25, 0.3) is 0 Å². The van der Waals surface area contributed by atoms with Crippen molar-refractivity contribution in [1.29, 1.82) is 0 Å². The summed E-state index contributed by atoms with van der Waals surface area (Å²) in [6, 6.07) is 14.3. The molecular formula is C17H18BN3O3. The minimum Gasteiger partial charge on any atom is -0.423 e. The van der Waals surface area contributed by atoms with Crippen LogP contribution in [0.2, 0.25) is 0 Å². The lowest BCUT2D eigenvalue weighted by Gasteiger charge is -2.12. The van der Waals surface area contributed by atoms with Gasteiger partial charge in [-0.05, 0) is 23.7 Å². The number of hydrogen-bond acceptors (Lipinski definition) is 4. The van der Waals surface area contributed by atoms with Gasteiger partial charge in [-0.3, -0.25) is 4.79 Å². The summed E-state index contributed by atoms with van der Waals surface area (Å²) in [5.41, 5.74) is 7.93. The Morgan fingerprint density at radius 2 is 2.04 bits per heavy atom. The standard InChI is InChI=1S/C17H18BN3O3/c1-2-16-20-14-10-12(17(19)22)8-9-15(14)21(16)11-24-18(23)13-6-4-3-5-7-13/h3-10,23H,2,11H2,1H3,(H2,19,22). The van der Waals surface area contributed by atoms with Crippen LogP contribution in [0.3, 0.4) is 0 Å². The van der Waals surface area contributed by atoms with Crippen molar-refractivity contribution in [2.75, 3.05) is 0 Å². The molecule has 0 saturated heterocycles. The first-order chi connectivity index (χ1) is 11.6. The molecule has 1 amide bonds. The summed E-state index contributed by atoms with van der Waals surface area (Å²) >= 11 is 0. The van der Waals surface area contributed by atoms with Gasteiger partial charge in [0.05, 0.1) is 11.0 Å². The summed E-state index contributed by atoms with van der Waals surface area (Å²) in [5.74, 6) is 0.326. The van der Waals surface area contributed by atoms with Gasteiger partial charge in [-0.1, -0.05) is 37.3 Å². The molecule has 0 radical (unpaired) electrons. The van der Waals surface area contributed by atoms with Crippen LogP contribution in [-0.4, -0.2) is 27.6 Å². The van der Waals surface area contributed by atoms with Gasteiger partial charge in [0.15, 0.2) is 0 Å². The quantitative estimate of drug-likeness (QED) is 0.664. The third-order valence-electron chi connectivity index (χ3n) is 3.87. The number of carbonyl (C=O) groups is 1. The van der Waals surface area contributed by atoms with E-state index in [4.69, 9.17) is 10.4 Å². The minimum absolute atomic E-state index is 0.158. The largest absolute Gasteiger partial charge is 0.492 e. The average Bonchev–Trinajstić information content (AvgIpc) is 2.97. The SMILES string of the molecule is CCc1nc2cc(C(N)=O)ccc2n1COB(O)c1ccccc1. The molecule has 0 saturated carbocycles. The predicted molar refractivity (Wildman–Crippen MR) is 92.8 cm³/mol. The van der Waals surface area contributed by atoms with Gasteiger partial charge < -0.3 is 20.0 Å². The number of carbonyl (C=O) groups excluding carboxylic acids is 1. The second-order valence-electron chi connectivity index (χ2n) is 5.44. The molecule has 0 atom stereocenters. The second kappa shape index (κ2) is 6.86. The molecule has 7 heteroatoms. The Morgan fingerprint density at radius 3 is 2.71 bits per heavy atom. The van der Waals surface area contributed by atoms with E-state index in [1.54, 1.807) is 30.3 Å². The number of hydrogen-bond donors (Lipinski definition) is 2. The van der Waals surface area contributed by atoms with Crippen LogP contribution in [0.15, 0.2) is 48.5 Å². The van der Waals surface area contributed by atoms with E-state index < -0.39 is 13.0 Å². The van der Waals surface area contributed by atoms with Gasteiger partial charge in [0, 0.05) is 12.0 Å². The Balaban J connectivity index is 1.87. The summed E-state index contributed by atoms with van der Waals surface area (Å²) in [6.07, 6.45) is 0.700. The number of nitrogens with zero attached hydrogens (tertiary/aromatic N) is 2. The molecule has 0 aliphatic heterocycles. The summed E-state index contributed by atoms with van der Waals surface area (Å²) in [4.78, 5) is 15.8. The van der Waals surface area contributed by atoms with Gasteiger partial charge in [0.1, 0.15) is 12.6 Å². The Kier molecular flexibility index (Phi) is 4.64. The van der Waals surface area contributed by atoms with Gasteiger partial charge >= 0.3 is 7.12 Å². The molecule has 3 aromatic rings. The first-order valence-corrected chi connectivity index (χ1v) is 7.73. The normalized spacial score (nSPS) is 10.9. The van der Waals surface area contributed by atoms with Crippen molar-refractivity contribution >= 4 is 29.5 Å². The van der Waals surface area contributed by atoms with Crippen molar-refractivity contribution in [3.05, 3.63) is 59.9 Å². The summed E-state index contributed by atoms with van der Waals surface area (Å²) < 4.78 is 7.47. The zero-order valence-electron chi connectivity index (χ0n) is 13.3. The minimum atomic E-state index is -1.02. The molecule has 122 valence electrons. The lowest BCUT2D eigenvalue weighted by Crippen LogP contribution is -2.34. The molecule has 24 heavy (non-hydrogen) atoms. The van der Waals surface area contributed by atoms with Crippen LogP contribution < -0.4 is 11.2 Å². The lowest BCUT2D eigenvalue weighted by atomic mass is 9.80. The van der Waals surface area contributed by atoms with E-state index in [9.17, 15) is 9.82 Å². The second-order valence-corrected chi connectivity index (χ2v) is 5.44. The van der Waals surface area contributed by atoms with Crippen LogP contribution in [-0.2, 0) is 17.8 Å². The molecule has 3 N–H and O–H groups in total. The highest BCUT2D eigenvalue weighted by Crippen LogP contribution is 2.18. The zero-order chi connectivity index (χ0) is 17.1. The van der Waals surface area contributed by atoms with Crippen LogP contribution in [0, 0.1) is 0 Å². The topological polar surface area (TPSA) is 90.4 Å². The Morgan fingerprint density at radius 1 is 1.29 bits per heavy atom. The number of amides is 1. The molecule has 1 heterocycles. The Labute approximate surface area is 140 Å². The lowest BCUT2D eigenvalue weighted by molar-refractivity contribution is 0.100. The third kappa shape index (κ3) is 3.17. The number of primary amides is 1. The van der Waals surface area contributed by atoms with E-state index in [0.717, 1.165) is 11.3 Å². The molecule has 0 spiro atoms. The molecule has 0 bridgehead atoms. The van der Waals surface area contributed by atoms with Crippen LogP contribution in [0.4, 0.5) is 0 Å². The Hall–Kier alpha value is -2.64. The molecular weight excluding hydrogens is 305 g/mol. The fourth-order valence-corrected chi connectivity index (χ4v) is 2.61. The van der Waals surface area contributed by atoms with E-state index in [1.165, 1.54) is 0 Å². The number of aromatic nitrogens is 2. The highest BCUT2D eigenvalue weighted by molar-refractivity contribution is 6.59.